The van der Waals surface area contributed by atoms with E-state index in [-0.39, 0.29) is 5.91 Å². The molecule has 0 radical (unpaired) electrons. The number of nitrogens with zero attached hydrogens (tertiary/aromatic N) is 1. The van der Waals surface area contributed by atoms with E-state index in [9.17, 15) is 4.79 Å². The number of amides is 1. The zero-order valence-corrected chi connectivity index (χ0v) is 14.1. The maximum Gasteiger partial charge on any atom is 0.252 e. The molecule has 0 bridgehead atoms. The molecule has 1 aromatic carbocycles. The third kappa shape index (κ3) is 4.91. The van der Waals surface area contributed by atoms with Gasteiger partial charge in [0.15, 0.2) is 0 Å². The Morgan fingerprint density at radius 2 is 2.14 bits per heavy atom. The first-order valence-electron chi connectivity index (χ1n) is 7.48. The second-order valence-electron chi connectivity index (χ2n) is 5.66. The largest absolute Gasteiger partial charge is 0.360 e. The van der Waals surface area contributed by atoms with Crippen LogP contribution < -0.4 is 5.32 Å². The Bertz CT molecular complexity index is 623. The van der Waals surface area contributed by atoms with Crippen molar-refractivity contribution >= 4 is 17.7 Å². The number of carbonyl (C=O) groups is 1. The molecule has 0 atom stereocenters. The average Bonchev–Trinajstić information content (AvgIpc) is 2.90. The van der Waals surface area contributed by atoms with Gasteiger partial charge in [-0.25, -0.2) is 0 Å². The number of aromatic nitrogens is 1. The molecule has 2 aromatic rings. The van der Waals surface area contributed by atoms with E-state index in [0.717, 1.165) is 22.8 Å². The van der Waals surface area contributed by atoms with Gasteiger partial charge in [-0.2, -0.15) is 0 Å². The summed E-state index contributed by atoms with van der Waals surface area (Å²) < 4.78 is 5.21. The Balaban J connectivity index is 1.98. The van der Waals surface area contributed by atoms with Gasteiger partial charge in [0.2, 0.25) is 0 Å². The summed E-state index contributed by atoms with van der Waals surface area (Å²) in [5.41, 5.74) is 1.59. The second-order valence-corrected chi connectivity index (χ2v) is 6.68. The Kier molecular flexibility index (Phi) is 6.07. The van der Waals surface area contributed by atoms with Crippen LogP contribution in [0.25, 0.3) is 0 Å². The lowest BCUT2D eigenvalue weighted by molar-refractivity contribution is 0.0949. The second kappa shape index (κ2) is 8.03. The molecule has 1 aromatic heterocycles. The van der Waals surface area contributed by atoms with Crippen molar-refractivity contribution in [2.24, 2.45) is 5.92 Å². The molecule has 1 heterocycles. The fourth-order valence-corrected chi connectivity index (χ4v) is 2.91. The number of hydrogen-bond donors (Lipinski definition) is 1. The molecule has 2 rings (SSSR count). The molecule has 0 aliphatic carbocycles. The van der Waals surface area contributed by atoms with E-state index in [2.05, 4.69) is 24.3 Å². The van der Waals surface area contributed by atoms with Crippen LogP contribution in [0.4, 0.5) is 0 Å². The molecular formula is C17H22N2O2S. The zero-order chi connectivity index (χ0) is 15.9. The van der Waals surface area contributed by atoms with Gasteiger partial charge >= 0.3 is 0 Å². The number of benzene rings is 1. The van der Waals surface area contributed by atoms with Gasteiger partial charge in [0.25, 0.3) is 5.91 Å². The Hall–Kier alpha value is -1.75. The topological polar surface area (TPSA) is 55.1 Å². The first-order valence-corrected chi connectivity index (χ1v) is 8.47. The van der Waals surface area contributed by atoms with Crippen LogP contribution in [0.15, 0.2) is 39.8 Å². The first kappa shape index (κ1) is 16.6. The van der Waals surface area contributed by atoms with Crippen LogP contribution in [0.5, 0.6) is 0 Å². The molecule has 0 saturated heterocycles. The molecule has 0 saturated carbocycles. The van der Waals surface area contributed by atoms with Gasteiger partial charge in [0.1, 0.15) is 5.76 Å². The highest BCUT2D eigenvalue weighted by Crippen LogP contribution is 2.26. The predicted octanol–water partition coefficient (Wildman–Crippen LogP) is 4.05. The lowest BCUT2D eigenvalue weighted by Gasteiger charge is -2.10. The van der Waals surface area contributed by atoms with Gasteiger partial charge in [0, 0.05) is 17.5 Å². The van der Waals surface area contributed by atoms with Gasteiger partial charge in [-0.05, 0) is 31.4 Å². The fourth-order valence-electron chi connectivity index (χ4n) is 1.98. The summed E-state index contributed by atoms with van der Waals surface area (Å²) in [7, 11) is 0. The summed E-state index contributed by atoms with van der Waals surface area (Å²) in [5.74, 6) is 2.05. The SMILES string of the molecule is Cc1cc(CSc2ccccc2C(=O)NCCC(C)C)on1. The molecule has 0 spiro atoms. The van der Waals surface area contributed by atoms with Crippen LogP contribution in [-0.4, -0.2) is 17.6 Å². The normalized spacial score (nSPS) is 10.9. The third-order valence-corrected chi connectivity index (χ3v) is 4.28. The van der Waals surface area contributed by atoms with Crippen LogP contribution in [0.3, 0.4) is 0 Å². The van der Waals surface area contributed by atoms with Crippen molar-refractivity contribution in [1.82, 2.24) is 10.5 Å². The summed E-state index contributed by atoms with van der Waals surface area (Å²) >= 11 is 1.59. The summed E-state index contributed by atoms with van der Waals surface area (Å²) in [4.78, 5) is 13.3. The fraction of sp³-hybridized carbons (Fsp3) is 0.412. The van der Waals surface area contributed by atoms with E-state index in [1.54, 1.807) is 11.8 Å². The van der Waals surface area contributed by atoms with Crippen LogP contribution >= 0.6 is 11.8 Å². The van der Waals surface area contributed by atoms with Crippen LogP contribution in [0.2, 0.25) is 0 Å². The molecule has 0 unspecified atom stereocenters. The molecule has 0 aliphatic heterocycles. The van der Waals surface area contributed by atoms with Crippen molar-refractivity contribution in [3.05, 3.63) is 47.3 Å². The van der Waals surface area contributed by atoms with E-state index in [0.29, 0.717) is 23.8 Å². The molecule has 4 nitrogen and oxygen atoms in total. The summed E-state index contributed by atoms with van der Waals surface area (Å²) in [6.45, 7) is 6.90. The van der Waals surface area contributed by atoms with Crippen molar-refractivity contribution < 1.29 is 9.32 Å². The van der Waals surface area contributed by atoms with Gasteiger partial charge in [-0.1, -0.05) is 31.1 Å². The van der Waals surface area contributed by atoms with Crippen molar-refractivity contribution in [2.45, 2.75) is 37.8 Å². The van der Waals surface area contributed by atoms with Crippen molar-refractivity contribution in [1.29, 1.82) is 0 Å². The quantitative estimate of drug-likeness (QED) is 0.782. The summed E-state index contributed by atoms with van der Waals surface area (Å²) in [5, 5.41) is 6.86. The minimum atomic E-state index is -0.0162. The van der Waals surface area contributed by atoms with Gasteiger partial charge in [0.05, 0.1) is 17.0 Å². The van der Waals surface area contributed by atoms with Crippen LogP contribution in [0.1, 0.15) is 42.1 Å². The highest BCUT2D eigenvalue weighted by Gasteiger charge is 2.12. The molecule has 0 aliphatic rings. The minimum absolute atomic E-state index is 0.0162. The molecule has 1 N–H and O–H groups in total. The Morgan fingerprint density at radius 1 is 1.36 bits per heavy atom. The smallest absolute Gasteiger partial charge is 0.252 e. The standard InChI is InChI=1S/C17H22N2O2S/c1-12(2)8-9-18-17(20)15-6-4-5-7-16(15)22-11-14-10-13(3)19-21-14/h4-7,10,12H,8-9,11H2,1-3H3,(H,18,20). The number of carbonyl (C=O) groups excluding carboxylic acids is 1. The number of aryl methyl sites for hydroxylation is 1. The monoisotopic (exact) mass is 318 g/mol. The average molecular weight is 318 g/mol. The molecule has 0 fully saturated rings. The van der Waals surface area contributed by atoms with Gasteiger partial charge in [-0.3, -0.25) is 4.79 Å². The van der Waals surface area contributed by atoms with E-state index >= 15 is 0 Å². The lowest BCUT2D eigenvalue weighted by atomic mass is 10.1. The number of thioether (sulfide) groups is 1. The molecular weight excluding hydrogens is 296 g/mol. The lowest BCUT2D eigenvalue weighted by Crippen LogP contribution is -2.25. The molecule has 1 amide bonds. The van der Waals surface area contributed by atoms with Gasteiger partial charge in [-0.15, -0.1) is 11.8 Å². The number of nitrogens with one attached hydrogen (secondary N) is 1. The predicted molar refractivity (Wildman–Crippen MR) is 89.0 cm³/mol. The minimum Gasteiger partial charge on any atom is -0.360 e. The first-order chi connectivity index (χ1) is 10.6. The van der Waals surface area contributed by atoms with Crippen molar-refractivity contribution in [3.8, 4) is 0 Å². The van der Waals surface area contributed by atoms with E-state index in [4.69, 9.17) is 4.52 Å². The molecule has 118 valence electrons. The maximum absolute atomic E-state index is 12.3. The summed E-state index contributed by atoms with van der Waals surface area (Å²) in [6, 6.07) is 9.57. The van der Waals surface area contributed by atoms with Gasteiger partial charge < -0.3 is 9.84 Å². The Morgan fingerprint density at radius 3 is 2.82 bits per heavy atom. The molecule has 22 heavy (non-hydrogen) atoms. The summed E-state index contributed by atoms with van der Waals surface area (Å²) in [6.07, 6.45) is 0.985. The highest BCUT2D eigenvalue weighted by atomic mass is 32.2. The highest BCUT2D eigenvalue weighted by molar-refractivity contribution is 7.98. The van der Waals surface area contributed by atoms with Crippen molar-refractivity contribution in [2.75, 3.05) is 6.54 Å². The van der Waals surface area contributed by atoms with E-state index < -0.39 is 0 Å². The van der Waals surface area contributed by atoms with Crippen LogP contribution in [0, 0.1) is 12.8 Å². The maximum atomic E-state index is 12.3. The third-order valence-electron chi connectivity index (χ3n) is 3.19. The number of rotatable bonds is 7. The van der Waals surface area contributed by atoms with Crippen LogP contribution in [-0.2, 0) is 5.75 Å². The molecule has 5 heteroatoms. The Labute approximate surface area is 135 Å². The zero-order valence-electron chi connectivity index (χ0n) is 13.3. The number of hydrogen-bond acceptors (Lipinski definition) is 4. The van der Waals surface area contributed by atoms with E-state index in [1.807, 2.05) is 37.3 Å². The van der Waals surface area contributed by atoms with Crippen molar-refractivity contribution in [3.63, 3.8) is 0 Å². The van der Waals surface area contributed by atoms with E-state index in [1.165, 1.54) is 0 Å².